The predicted octanol–water partition coefficient (Wildman–Crippen LogP) is 5.50. The third-order valence-electron chi connectivity index (χ3n) is 5.65. The van der Waals surface area contributed by atoms with Crippen LogP contribution >= 0.6 is 11.3 Å². The zero-order valence-electron chi connectivity index (χ0n) is 17.1. The van der Waals surface area contributed by atoms with Crippen molar-refractivity contribution in [2.75, 3.05) is 4.90 Å². The number of anilines is 1. The standard InChI is InChI=1S/C25H26N2O2S/c1-18-10-5-8-15-21(18)27(25(29)22-16-9-17-30-22)23(19-11-3-2-4-12-19)24(28)26-20-13-6-7-14-20/h2-5,8-12,15-17,20,23H,6-7,13-14H2,1H3,(H,26,28)/t23-/m0/s1. The Kier molecular flexibility index (Phi) is 6.29. The largest absolute Gasteiger partial charge is 0.351 e. The third kappa shape index (κ3) is 4.31. The molecule has 0 saturated heterocycles. The monoisotopic (exact) mass is 418 g/mol. The number of nitrogens with zero attached hydrogens (tertiary/aromatic N) is 1. The van der Waals surface area contributed by atoms with E-state index in [9.17, 15) is 9.59 Å². The Balaban J connectivity index is 1.80. The highest BCUT2D eigenvalue weighted by Gasteiger charge is 2.35. The molecule has 154 valence electrons. The first-order valence-electron chi connectivity index (χ1n) is 10.4. The highest BCUT2D eigenvalue weighted by molar-refractivity contribution is 7.12. The van der Waals surface area contributed by atoms with E-state index < -0.39 is 6.04 Å². The molecule has 5 heteroatoms. The molecule has 0 unspecified atom stereocenters. The minimum Gasteiger partial charge on any atom is -0.351 e. The maximum Gasteiger partial charge on any atom is 0.269 e. The summed E-state index contributed by atoms with van der Waals surface area (Å²) in [6.07, 6.45) is 4.26. The number of nitrogens with one attached hydrogen (secondary N) is 1. The zero-order valence-corrected chi connectivity index (χ0v) is 17.9. The topological polar surface area (TPSA) is 49.4 Å². The van der Waals surface area contributed by atoms with Crippen molar-refractivity contribution in [1.29, 1.82) is 0 Å². The molecule has 3 aromatic rings. The summed E-state index contributed by atoms with van der Waals surface area (Å²) < 4.78 is 0. The number of hydrogen-bond acceptors (Lipinski definition) is 3. The normalized spacial score (nSPS) is 15.0. The lowest BCUT2D eigenvalue weighted by molar-refractivity contribution is -0.123. The number of para-hydroxylation sites is 1. The van der Waals surface area contributed by atoms with E-state index in [1.807, 2.05) is 79.0 Å². The second kappa shape index (κ2) is 9.26. The molecule has 2 aromatic carbocycles. The van der Waals surface area contributed by atoms with Crippen LogP contribution in [0.15, 0.2) is 72.1 Å². The molecule has 1 fully saturated rings. The molecular formula is C25H26N2O2S. The summed E-state index contributed by atoms with van der Waals surface area (Å²) in [6, 6.07) is 20.5. The van der Waals surface area contributed by atoms with Crippen LogP contribution in [-0.2, 0) is 4.79 Å². The molecule has 1 atom stereocenters. The summed E-state index contributed by atoms with van der Waals surface area (Å²) in [6.45, 7) is 1.97. The maximum absolute atomic E-state index is 13.7. The molecule has 1 aliphatic carbocycles. The Labute approximate surface area is 181 Å². The number of thiophene rings is 1. The summed E-state index contributed by atoms with van der Waals surface area (Å²) in [4.78, 5) is 29.6. The molecule has 1 N–H and O–H groups in total. The fourth-order valence-electron chi connectivity index (χ4n) is 4.12. The summed E-state index contributed by atoms with van der Waals surface area (Å²) in [7, 11) is 0. The minimum absolute atomic E-state index is 0.124. The fourth-order valence-corrected chi connectivity index (χ4v) is 4.78. The van der Waals surface area contributed by atoms with Gasteiger partial charge in [0.25, 0.3) is 5.91 Å². The molecule has 1 saturated carbocycles. The molecular weight excluding hydrogens is 392 g/mol. The molecule has 1 aliphatic rings. The smallest absolute Gasteiger partial charge is 0.269 e. The Bertz CT molecular complexity index is 995. The Morgan fingerprint density at radius 3 is 2.33 bits per heavy atom. The van der Waals surface area contributed by atoms with Crippen LogP contribution in [0.2, 0.25) is 0 Å². The quantitative estimate of drug-likeness (QED) is 0.574. The summed E-state index contributed by atoms with van der Waals surface area (Å²) in [5.74, 6) is -0.281. The molecule has 0 spiro atoms. The molecule has 1 aromatic heterocycles. The Morgan fingerprint density at radius 2 is 1.67 bits per heavy atom. The molecule has 30 heavy (non-hydrogen) atoms. The van der Waals surface area contributed by atoms with Gasteiger partial charge >= 0.3 is 0 Å². The van der Waals surface area contributed by atoms with Crippen LogP contribution in [-0.4, -0.2) is 17.9 Å². The van der Waals surface area contributed by atoms with E-state index >= 15 is 0 Å². The lowest BCUT2D eigenvalue weighted by Gasteiger charge is -2.33. The van der Waals surface area contributed by atoms with E-state index in [-0.39, 0.29) is 17.9 Å². The van der Waals surface area contributed by atoms with Gasteiger partial charge in [-0.05, 0) is 48.4 Å². The molecule has 0 bridgehead atoms. The zero-order chi connectivity index (χ0) is 20.9. The third-order valence-corrected chi connectivity index (χ3v) is 6.51. The van der Waals surface area contributed by atoms with Crippen LogP contribution < -0.4 is 10.2 Å². The lowest BCUT2D eigenvalue weighted by atomic mass is 10.0. The number of aryl methyl sites for hydroxylation is 1. The van der Waals surface area contributed by atoms with Gasteiger partial charge in [-0.3, -0.25) is 14.5 Å². The van der Waals surface area contributed by atoms with Gasteiger partial charge in [0.2, 0.25) is 5.91 Å². The average Bonchev–Trinajstić information content (AvgIpc) is 3.47. The number of hydrogen-bond donors (Lipinski definition) is 1. The number of carbonyl (C=O) groups excluding carboxylic acids is 2. The van der Waals surface area contributed by atoms with Crippen LogP contribution in [0.1, 0.15) is 52.5 Å². The van der Waals surface area contributed by atoms with Gasteiger partial charge in [-0.15, -0.1) is 11.3 Å². The van der Waals surface area contributed by atoms with Crippen molar-refractivity contribution in [1.82, 2.24) is 5.32 Å². The van der Waals surface area contributed by atoms with Crippen molar-refractivity contribution >= 4 is 28.8 Å². The van der Waals surface area contributed by atoms with Crippen LogP contribution in [0.4, 0.5) is 5.69 Å². The second-order valence-corrected chi connectivity index (χ2v) is 8.69. The van der Waals surface area contributed by atoms with Crippen molar-refractivity contribution < 1.29 is 9.59 Å². The van der Waals surface area contributed by atoms with E-state index in [4.69, 9.17) is 0 Å². The first kappa shape index (κ1) is 20.4. The molecule has 0 aliphatic heterocycles. The Hall–Kier alpha value is -2.92. The number of rotatable bonds is 6. The second-order valence-electron chi connectivity index (χ2n) is 7.74. The fraction of sp³-hybridized carbons (Fsp3) is 0.280. The van der Waals surface area contributed by atoms with Gasteiger partial charge in [-0.2, -0.15) is 0 Å². The minimum atomic E-state index is -0.734. The van der Waals surface area contributed by atoms with Crippen molar-refractivity contribution in [3.63, 3.8) is 0 Å². The molecule has 4 rings (SSSR count). The van der Waals surface area contributed by atoms with Crippen LogP contribution in [0.5, 0.6) is 0 Å². The lowest BCUT2D eigenvalue weighted by Crippen LogP contribution is -2.46. The van der Waals surface area contributed by atoms with E-state index in [1.54, 1.807) is 4.90 Å². The van der Waals surface area contributed by atoms with Crippen LogP contribution in [0.3, 0.4) is 0 Å². The highest BCUT2D eigenvalue weighted by Crippen LogP contribution is 2.33. The highest BCUT2D eigenvalue weighted by atomic mass is 32.1. The van der Waals surface area contributed by atoms with Crippen molar-refractivity contribution in [3.05, 3.63) is 88.1 Å². The van der Waals surface area contributed by atoms with Gasteiger partial charge in [0.1, 0.15) is 6.04 Å². The van der Waals surface area contributed by atoms with Crippen molar-refractivity contribution in [3.8, 4) is 0 Å². The first-order chi connectivity index (χ1) is 14.6. The maximum atomic E-state index is 13.7. The number of amides is 2. The number of benzene rings is 2. The van der Waals surface area contributed by atoms with E-state index in [0.717, 1.165) is 42.5 Å². The first-order valence-corrected chi connectivity index (χ1v) is 11.3. The molecule has 1 heterocycles. The van der Waals surface area contributed by atoms with Gasteiger partial charge < -0.3 is 5.32 Å². The Morgan fingerprint density at radius 1 is 0.967 bits per heavy atom. The van der Waals surface area contributed by atoms with Crippen LogP contribution in [0.25, 0.3) is 0 Å². The predicted molar refractivity (Wildman–Crippen MR) is 122 cm³/mol. The summed E-state index contributed by atoms with van der Waals surface area (Å²) >= 11 is 1.39. The summed E-state index contributed by atoms with van der Waals surface area (Å²) in [5, 5.41) is 5.11. The SMILES string of the molecule is Cc1ccccc1N(C(=O)c1cccs1)[C@H](C(=O)NC1CCCC1)c1ccccc1. The molecule has 0 radical (unpaired) electrons. The van der Waals surface area contributed by atoms with Gasteiger partial charge in [0, 0.05) is 11.7 Å². The van der Waals surface area contributed by atoms with Gasteiger partial charge in [0.05, 0.1) is 4.88 Å². The van der Waals surface area contributed by atoms with E-state index in [2.05, 4.69) is 5.32 Å². The molecule has 4 nitrogen and oxygen atoms in total. The molecule has 2 amide bonds. The van der Waals surface area contributed by atoms with Crippen LogP contribution in [0, 0.1) is 6.92 Å². The van der Waals surface area contributed by atoms with Gasteiger partial charge in [-0.25, -0.2) is 0 Å². The van der Waals surface area contributed by atoms with Crippen molar-refractivity contribution in [2.24, 2.45) is 0 Å². The van der Waals surface area contributed by atoms with E-state index in [1.165, 1.54) is 11.3 Å². The average molecular weight is 419 g/mol. The van der Waals surface area contributed by atoms with Crippen molar-refractivity contribution in [2.45, 2.75) is 44.7 Å². The van der Waals surface area contributed by atoms with Gasteiger partial charge in [0.15, 0.2) is 0 Å². The summed E-state index contributed by atoms with van der Waals surface area (Å²) in [5.41, 5.74) is 2.52. The van der Waals surface area contributed by atoms with Gasteiger partial charge in [-0.1, -0.05) is 67.4 Å². The van der Waals surface area contributed by atoms with E-state index in [0.29, 0.717) is 4.88 Å². The number of carbonyl (C=O) groups is 2.